The van der Waals surface area contributed by atoms with E-state index in [9.17, 15) is 10.1 Å². The quantitative estimate of drug-likeness (QED) is 0.271. The van der Waals surface area contributed by atoms with Crippen molar-refractivity contribution in [2.75, 3.05) is 39.0 Å². The van der Waals surface area contributed by atoms with E-state index in [-0.39, 0.29) is 17.6 Å². The number of rotatable bonds is 11. The number of thioether (sulfide) groups is 1. The van der Waals surface area contributed by atoms with Gasteiger partial charge in [0.25, 0.3) is 0 Å². The number of hydrogen-bond acceptors (Lipinski definition) is 7. The molecule has 0 aromatic carbocycles. The molecule has 1 fully saturated rings. The lowest BCUT2D eigenvalue weighted by atomic mass is 10.1. The van der Waals surface area contributed by atoms with E-state index >= 15 is 0 Å². The molecule has 1 aliphatic rings. The van der Waals surface area contributed by atoms with Crippen molar-refractivity contribution >= 4 is 11.8 Å². The van der Waals surface area contributed by atoms with E-state index in [2.05, 4.69) is 27.7 Å². The number of likely N-dealkylation sites (tertiary alicyclic amines) is 1. The third-order valence-corrected chi connectivity index (χ3v) is 5.09. The molecule has 2 N–H and O–H groups in total. The predicted octanol–water partition coefficient (Wildman–Crippen LogP) is 1.91. The number of nitro groups is 1. The van der Waals surface area contributed by atoms with Gasteiger partial charge in [-0.15, -0.1) is 0 Å². The normalized spacial score (nSPS) is 17.0. The molecule has 0 radical (unpaired) electrons. The van der Waals surface area contributed by atoms with Crippen LogP contribution in [0.15, 0.2) is 16.5 Å². The van der Waals surface area contributed by atoms with Crippen molar-refractivity contribution in [1.29, 1.82) is 0 Å². The molecule has 0 aliphatic carbocycles. The van der Waals surface area contributed by atoms with Crippen LogP contribution in [-0.2, 0) is 12.3 Å². The monoisotopic (exact) mass is 356 g/mol. The minimum absolute atomic E-state index is 0.112. The standard InChI is InChI=1S/C16H28N4O3S/c1-17-16(12-20(21)22)18-7-10-24-13-15-6-5-14(23-15)11-19-8-3-2-4-9-19/h5-6,16-18H,2-4,7-13H2,1H3. The van der Waals surface area contributed by atoms with Gasteiger partial charge in [-0.1, -0.05) is 6.42 Å². The fraction of sp³-hybridized carbons (Fsp3) is 0.750. The maximum atomic E-state index is 10.5. The minimum Gasteiger partial charge on any atom is -0.464 e. The second kappa shape index (κ2) is 10.7. The minimum atomic E-state index is -0.311. The van der Waals surface area contributed by atoms with Crippen molar-refractivity contribution in [2.24, 2.45) is 0 Å². The lowest BCUT2D eigenvalue weighted by molar-refractivity contribution is -0.484. The molecular formula is C16H28N4O3S. The van der Waals surface area contributed by atoms with Crippen LogP contribution < -0.4 is 10.6 Å². The highest BCUT2D eigenvalue weighted by Gasteiger charge is 2.13. The summed E-state index contributed by atoms with van der Waals surface area (Å²) in [6, 6.07) is 4.14. The highest BCUT2D eigenvalue weighted by atomic mass is 32.2. The van der Waals surface area contributed by atoms with Gasteiger partial charge in [0.05, 0.1) is 12.3 Å². The Hall–Kier alpha value is -1.09. The molecular weight excluding hydrogens is 328 g/mol. The van der Waals surface area contributed by atoms with Gasteiger partial charge in [0.15, 0.2) is 0 Å². The van der Waals surface area contributed by atoms with Crippen LogP contribution in [0.3, 0.4) is 0 Å². The first kappa shape index (κ1) is 19.2. The predicted molar refractivity (Wildman–Crippen MR) is 96.7 cm³/mol. The summed E-state index contributed by atoms with van der Waals surface area (Å²) in [7, 11) is 1.72. The lowest BCUT2D eigenvalue weighted by Gasteiger charge is -2.25. The third-order valence-electron chi connectivity index (χ3n) is 4.11. The Morgan fingerprint density at radius 3 is 2.79 bits per heavy atom. The van der Waals surface area contributed by atoms with Crippen molar-refractivity contribution < 1.29 is 9.34 Å². The molecule has 1 atom stereocenters. The molecule has 1 aliphatic heterocycles. The topological polar surface area (TPSA) is 83.6 Å². The number of piperidine rings is 1. The zero-order valence-corrected chi connectivity index (χ0v) is 15.1. The van der Waals surface area contributed by atoms with E-state index in [1.165, 1.54) is 32.4 Å². The van der Waals surface area contributed by atoms with Crippen LogP contribution in [0.2, 0.25) is 0 Å². The molecule has 0 spiro atoms. The molecule has 24 heavy (non-hydrogen) atoms. The maximum absolute atomic E-state index is 10.5. The summed E-state index contributed by atoms with van der Waals surface area (Å²) in [5.74, 6) is 3.77. The van der Waals surface area contributed by atoms with Crippen LogP contribution in [0.4, 0.5) is 0 Å². The van der Waals surface area contributed by atoms with Crippen LogP contribution >= 0.6 is 11.8 Å². The largest absolute Gasteiger partial charge is 0.464 e. The first-order valence-corrected chi connectivity index (χ1v) is 9.73. The Kier molecular flexibility index (Phi) is 8.58. The summed E-state index contributed by atoms with van der Waals surface area (Å²) in [4.78, 5) is 12.6. The Morgan fingerprint density at radius 1 is 1.33 bits per heavy atom. The Bertz CT molecular complexity index is 491. The first-order chi connectivity index (χ1) is 11.7. The van der Waals surface area contributed by atoms with Crippen molar-refractivity contribution in [3.05, 3.63) is 33.8 Å². The highest BCUT2D eigenvalue weighted by molar-refractivity contribution is 7.98. The molecule has 0 amide bonds. The average Bonchev–Trinajstić information content (AvgIpc) is 3.01. The summed E-state index contributed by atoms with van der Waals surface area (Å²) < 4.78 is 5.90. The summed E-state index contributed by atoms with van der Waals surface area (Å²) in [5, 5.41) is 16.5. The van der Waals surface area contributed by atoms with Crippen molar-refractivity contribution in [3.8, 4) is 0 Å². The zero-order chi connectivity index (χ0) is 17.2. The highest BCUT2D eigenvalue weighted by Crippen LogP contribution is 2.18. The van der Waals surface area contributed by atoms with Gasteiger partial charge in [-0.3, -0.25) is 25.6 Å². The number of likely N-dealkylation sites (N-methyl/N-ethyl adjacent to an activating group) is 1. The molecule has 2 heterocycles. The molecule has 1 aromatic rings. The van der Waals surface area contributed by atoms with Gasteiger partial charge in [0.2, 0.25) is 6.54 Å². The van der Waals surface area contributed by atoms with Crippen molar-refractivity contribution in [3.63, 3.8) is 0 Å². The molecule has 7 nitrogen and oxygen atoms in total. The number of hydrogen-bond donors (Lipinski definition) is 2. The fourth-order valence-electron chi connectivity index (χ4n) is 2.81. The number of nitrogens with one attached hydrogen (secondary N) is 2. The Labute approximate surface area is 147 Å². The van der Waals surface area contributed by atoms with Crippen LogP contribution in [0.1, 0.15) is 30.8 Å². The van der Waals surface area contributed by atoms with Gasteiger partial charge < -0.3 is 4.42 Å². The van der Waals surface area contributed by atoms with Crippen molar-refractivity contribution in [1.82, 2.24) is 15.5 Å². The van der Waals surface area contributed by atoms with E-state index in [0.717, 1.165) is 36.1 Å². The molecule has 1 saturated heterocycles. The van der Waals surface area contributed by atoms with Gasteiger partial charge in [-0.2, -0.15) is 11.8 Å². The van der Waals surface area contributed by atoms with E-state index < -0.39 is 0 Å². The SMILES string of the molecule is CNC(C[N+](=O)[O-])NCCSCc1ccc(CN2CCCCC2)o1. The molecule has 2 rings (SSSR count). The Morgan fingerprint density at radius 2 is 2.08 bits per heavy atom. The summed E-state index contributed by atoms with van der Waals surface area (Å²) in [6.07, 6.45) is 3.65. The number of furan rings is 1. The van der Waals surface area contributed by atoms with E-state index in [0.29, 0.717) is 0 Å². The van der Waals surface area contributed by atoms with E-state index in [1.54, 1.807) is 18.8 Å². The van der Waals surface area contributed by atoms with Gasteiger partial charge in [-0.25, -0.2) is 0 Å². The van der Waals surface area contributed by atoms with Gasteiger partial charge >= 0.3 is 0 Å². The maximum Gasteiger partial charge on any atom is 0.231 e. The average molecular weight is 356 g/mol. The second-order valence-corrected chi connectivity index (χ2v) is 7.17. The van der Waals surface area contributed by atoms with Crippen LogP contribution in [0.25, 0.3) is 0 Å². The van der Waals surface area contributed by atoms with Crippen LogP contribution in [-0.4, -0.2) is 55.0 Å². The smallest absolute Gasteiger partial charge is 0.231 e. The van der Waals surface area contributed by atoms with Gasteiger partial charge in [-0.05, 0) is 45.1 Å². The summed E-state index contributed by atoms with van der Waals surface area (Å²) in [5.41, 5.74) is 0. The molecule has 1 unspecified atom stereocenters. The van der Waals surface area contributed by atoms with Crippen LogP contribution in [0, 0.1) is 10.1 Å². The van der Waals surface area contributed by atoms with Crippen LogP contribution in [0.5, 0.6) is 0 Å². The lowest BCUT2D eigenvalue weighted by Crippen LogP contribution is -2.46. The van der Waals surface area contributed by atoms with E-state index in [4.69, 9.17) is 4.42 Å². The van der Waals surface area contributed by atoms with E-state index in [1.807, 2.05) is 0 Å². The molecule has 8 heteroatoms. The zero-order valence-electron chi connectivity index (χ0n) is 14.3. The molecule has 0 saturated carbocycles. The fourth-order valence-corrected chi connectivity index (χ4v) is 3.57. The second-order valence-electron chi connectivity index (χ2n) is 6.07. The third kappa shape index (κ3) is 7.21. The molecule has 0 bridgehead atoms. The summed E-state index contributed by atoms with van der Waals surface area (Å²) >= 11 is 1.77. The molecule has 1 aromatic heterocycles. The van der Waals surface area contributed by atoms with Gasteiger partial charge in [0, 0.05) is 17.2 Å². The first-order valence-electron chi connectivity index (χ1n) is 8.57. The summed E-state index contributed by atoms with van der Waals surface area (Å²) in [6.45, 7) is 3.88. The number of nitrogens with zero attached hydrogens (tertiary/aromatic N) is 2. The Balaban J connectivity index is 1.60. The molecule has 136 valence electrons. The van der Waals surface area contributed by atoms with Crippen molar-refractivity contribution in [2.45, 2.75) is 37.7 Å². The van der Waals surface area contributed by atoms with Gasteiger partial charge in [0.1, 0.15) is 17.7 Å².